The van der Waals surface area contributed by atoms with Crippen molar-refractivity contribution in [2.24, 2.45) is 11.8 Å². The van der Waals surface area contributed by atoms with Crippen LogP contribution < -0.4 is 0 Å². The second-order valence-electron chi connectivity index (χ2n) is 9.64. The fraction of sp³-hybridized carbons (Fsp3) is 0.385. The molecular formula is C26H26Cl2SiZr. The van der Waals surface area contributed by atoms with E-state index < -0.39 is 25.8 Å². The summed E-state index contributed by atoms with van der Waals surface area (Å²) in [6.07, 6.45) is 10.5. The summed E-state index contributed by atoms with van der Waals surface area (Å²) in [5.74, 6) is 1.62. The summed E-state index contributed by atoms with van der Waals surface area (Å²) in [5, 5.41) is 1.90. The van der Waals surface area contributed by atoms with E-state index >= 15 is 0 Å². The first-order chi connectivity index (χ1) is 14.5. The van der Waals surface area contributed by atoms with E-state index in [1.54, 1.807) is 22.3 Å². The van der Waals surface area contributed by atoms with Crippen molar-refractivity contribution in [3.8, 4) is 0 Å². The minimum absolute atomic E-state index is 0.394. The number of hydrogen-bond donors (Lipinski definition) is 0. The summed E-state index contributed by atoms with van der Waals surface area (Å²) in [6, 6.07) is 13.3. The summed E-state index contributed by atoms with van der Waals surface area (Å²) in [5.41, 5.74) is 8.93. The molecule has 4 aliphatic carbocycles. The van der Waals surface area contributed by atoms with E-state index in [1.807, 2.05) is 0 Å². The van der Waals surface area contributed by atoms with Crippen LogP contribution in [0.2, 0.25) is 23.1 Å². The quantitative estimate of drug-likeness (QED) is 0.351. The predicted octanol–water partition coefficient (Wildman–Crippen LogP) is 8.26. The molecule has 30 heavy (non-hydrogen) atoms. The number of fused-ring (bicyclic) bond motifs is 2. The number of benzene rings is 2. The van der Waals surface area contributed by atoms with Gasteiger partial charge >= 0.3 is 199 Å². The van der Waals surface area contributed by atoms with E-state index in [1.165, 1.54) is 36.8 Å². The molecule has 4 aliphatic rings. The molecule has 2 fully saturated rings. The molecule has 0 amide bonds. The fourth-order valence-electron chi connectivity index (χ4n) is 5.75. The van der Waals surface area contributed by atoms with Gasteiger partial charge < -0.3 is 0 Å². The Hall–Kier alpha value is -0.400. The zero-order valence-electron chi connectivity index (χ0n) is 17.5. The first-order valence-electron chi connectivity index (χ1n) is 11.2. The van der Waals surface area contributed by atoms with Gasteiger partial charge in [-0.05, 0) is 0 Å². The molecule has 0 N–H and O–H groups in total. The minimum atomic E-state index is -2.00. The van der Waals surface area contributed by atoms with Crippen LogP contribution in [0.25, 0.3) is 12.2 Å². The summed E-state index contributed by atoms with van der Waals surface area (Å²) in [7, 11) is 0. The number of halogens is 2. The first-order valence-corrected chi connectivity index (χ1v) is 21.0. The monoisotopic (exact) mass is 526 g/mol. The van der Waals surface area contributed by atoms with Gasteiger partial charge in [0.25, 0.3) is 0 Å². The number of allylic oxidation sites excluding steroid dienone is 2. The summed E-state index contributed by atoms with van der Waals surface area (Å²) < 4.78 is 1.41. The Bertz CT molecular complexity index is 1080. The molecule has 0 saturated heterocycles. The third-order valence-corrected chi connectivity index (χ3v) is 27.4. The molecule has 2 atom stereocenters. The Morgan fingerprint density at radius 2 is 1.17 bits per heavy atom. The van der Waals surface area contributed by atoms with Crippen LogP contribution in [-0.4, -0.2) is 5.43 Å². The molecule has 0 nitrogen and oxygen atoms in total. The molecule has 2 saturated carbocycles. The van der Waals surface area contributed by atoms with Crippen LogP contribution in [0.15, 0.2) is 47.5 Å². The molecular weight excluding hydrogens is 503 g/mol. The Morgan fingerprint density at radius 1 is 0.733 bits per heavy atom. The molecule has 0 radical (unpaired) electrons. The Balaban J connectivity index is 1.56. The average Bonchev–Trinajstić information content (AvgIpc) is 3.65. The molecule has 0 aromatic heterocycles. The Labute approximate surface area is 197 Å². The van der Waals surface area contributed by atoms with Gasteiger partial charge in [0.15, 0.2) is 0 Å². The third-order valence-electron chi connectivity index (χ3n) is 7.38. The summed E-state index contributed by atoms with van der Waals surface area (Å²) in [6.45, 7) is 5.22. The van der Waals surface area contributed by atoms with E-state index in [9.17, 15) is 0 Å². The zero-order valence-corrected chi connectivity index (χ0v) is 22.5. The Morgan fingerprint density at radius 3 is 1.53 bits per heavy atom. The van der Waals surface area contributed by atoms with E-state index in [0.717, 1.165) is 21.9 Å². The molecule has 4 heteroatoms. The maximum absolute atomic E-state index is 6.72. The van der Waals surface area contributed by atoms with Crippen molar-refractivity contribution < 1.29 is 20.4 Å². The van der Waals surface area contributed by atoms with Crippen LogP contribution in [-0.2, 0) is 20.4 Å². The van der Waals surface area contributed by atoms with Gasteiger partial charge in [-0.25, -0.2) is 0 Å². The van der Waals surface area contributed by atoms with Gasteiger partial charge in [-0.15, -0.1) is 0 Å². The van der Waals surface area contributed by atoms with Gasteiger partial charge in [-0.1, -0.05) is 0 Å². The maximum atomic E-state index is 6.72. The number of hydrogen-bond acceptors (Lipinski definition) is 0. The van der Waals surface area contributed by atoms with E-state index in [0.29, 0.717) is 7.25 Å². The molecule has 0 spiro atoms. The Kier molecular flexibility index (Phi) is 5.11. The number of rotatable bonds is 4. The second kappa shape index (κ2) is 7.58. The fourth-order valence-corrected chi connectivity index (χ4v) is 26.7. The topological polar surface area (TPSA) is 0 Å². The molecule has 2 unspecified atom stereocenters. The van der Waals surface area contributed by atoms with Gasteiger partial charge in [0, 0.05) is 0 Å². The van der Waals surface area contributed by atoms with Crippen molar-refractivity contribution in [3.63, 3.8) is 0 Å². The molecule has 2 aromatic carbocycles. The van der Waals surface area contributed by atoms with E-state index in [-0.39, 0.29) is 0 Å². The van der Waals surface area contributed by atoms with Gasteiger partial charge in [0.2, 0.25) is 0 Å². The van der Waals surface area contributed by atoms with Gasteiger partial charge in [0.1, 0.15) is 0 Å². The van der Waals surface area contributed by atoms with E-state index in [2.05, 4.69) is 61.6 Å². The molecule has 0 bridgehead atoms. The zero-order chi connectivity index (χ0) is 20.6. The van der Waals surface area contributed by atoms with Crippen LogP contribution in [0, 0.1) is 11.8 Å². The normalized spacial score (nSPS) is 24.3. The van der Waals surface area contributed by atoms with Crippen LogP contribution in [0.4, 0.5) is 0 Å². The molecule has 6 rings (SSSR count). The van der Waals surface area contributed by atoms with E-state index in [4.69, 9.17) is 23.2 Å². The molecule has 0 aliphatic heterocycles. The van der Waals surface area contributed by atoms with Crippen molar-refractivity contribution in [2.45, 2.75) is 46.0 Å². The van der Waals surface area contributed by atoms with Crippen LogP contribution >= 0.6 is 23.2 Å². The first kappa shape index (κ1) is 20.2. The third kappa shape index (κ3) is 3.24. The van der Waals surface area contributed by atoms with Gasteiger partial charge in [0.05, 0.1) is 0 Å². The van der Waals surface area contributed by atoms with Crippen LogP contribution in [0.1, 0.15) is 55.2 Å². The predicted molar refractivity (Wildman–Crippen MR) is 127 cm³/mol. The van der Waals surface area contributed by atoms with Crippen molar-refractivity contribution in [1.82, 2.24) is 0 Å². The second-order valence-corrected chi connectivity index (χ2v) is 28.3. The average molecular weight is 529 g/mol. The van der Waals surface area contributed by atoms with Gasteiger partial charge in [-0.3, -0.25) is 0 Å². The summed E-state index contributed by atoms with van der Waals surface area (Å²) in [4.78, 5) is 0. The van der Waals surface area contributed by atoms with Gasteiger partial charge in [-0.2, -0.15) is 0 Å². The SMILES string of the molecule is C[Si](C)=[Zr]([CH]1C(C2CC2)=Cc2c(Cl)cccc21)[CH]1C(C2CC2)=Cc2c(Cl)cccc21. The van der Waals surface area contributed by atoms with Crippen molar-refractivity contribution in [1.29, 1.82) is 0 Å². The molecule has 2 aromatic rings. The standard InChI is InChI=1S/2C12H10Cl.C2H6Si.Zr/c2*13-12-3-1-2-9-6-10(7-11(9)12)8-4-5-8;1-3-2;/h2*1-3,6-8H,4-5H2;1-2H3;. The summed E-state index contributed by atoms with van der Waals surface area (Å²) >= 11 is 11.4. The van der Waals surface area contributed by atoms with Crippen molar-refractivity contribution in [3.05, 3.63) is 79.8 Å². The van der Waals surface area contributed by atoms with Crippen molar-refractivity contribution >= 4 is 40.8 Å². The molecule has 152 valence electrons. The van der Waals surface area contributed by atoms with Crippen molar-refractivity contribution in [2.75, 3.05) is 0 Å². The van der Waals surface area contributed by atoms with Crippen LogP contribution in [0.3, 0.4) is 0 Å². The van der Waals surface area contributed by atoms with Crippen LogP contribution in [0.5, 0.6) is 0 Å². The molecule has 0 heterocycles.